The molecular weight excluding hydrogens is 420 g/mol. The molecule has 1 aromatic rings. The van der Waals surface area contributed by atoms with Gasteiger partial charge in [-0.25, -0.2) is 0 Å². The number of benzene rings is 1. The predicted molar refractivity (Wildman–Crippen MR) is 112 cm³/mol. The van der Waals surface area contributed by atoms with E-state index in [-0.39, 0.29) is 18.9 Å². The molecule has 4 rings (SSSR count). The number of hydrogen-bond acceptors (Lipinski definition) is 8. The van der Waals surface area contributed by atoms with Crippen LogP contribution in [0.1, 0.15) is 34.1 Å². The van der Waals surface area contributed by atoms with Crippen molar-refractivity contribution >= 4 is 17.5 Å². The van der Waals surface area contributed by atoms with Gasteiger partial charge in [-0.05, 0) is 52.0 Å². The summed E-state index contributed by atoms with van der Waals surface area (Å²) in [7, 11) is 1.57. The lowest BCUT2D eigenvalue weighted by Gasteiger charge is -2.36. The molecule has 0 aliphatic carbocycles. The van der Waals surface area contributed by atoms with Gasteiger partial charge in [0.15, 0.2) is 24.0 Å². The Bertz CT molecular complexity index is 856. The van der Waals surface area contributed by atoms with Crippen molar-refractivity contribution in [2.24, 2.45) is 0 Å². The molecular formula is C22H30N2O8. The highest BCUT2D eigenvalue weighted by Gasteiger charge is 2.62. The van der Waals surface area contributed by atoms with Gasteiger partial charge in [-0.3, -0.25) is 9.59 Å². The van der Waals surface area contributed by atoms with Crippen molar-refractivity contribution in [3.05, 3.63) is 24.3 Å². The highest BCUT2D eigenvalue weighted by atomic mass is 16.9. The van der Waals surface area contributed by atoms with E-state index in [1.807, 2.05) is 0 Å². The molecule has 0 unspecified atom stereocenters. The normalized spacial score (nSPS) is 32.0. The van der Waals surface area contributed by atoms with E-state index in [0.29, 0.717) is 11.4 Å². The summed E-state index contributed by atoms with van der Waals surface area (Å²) < 4.78 is 34.7. The quantitative estimate of drug-likeness (QED) is 0.671. The summed E-state index contributed by atoms with van der Waals surface area (Å²) in [5.74, 6) is -1.68. The summed E-state index contributed by atoms with van der Waals surface area (Å²) in [6.45, 7) is 7.25. The molecule has 3 aliphatic heterocycles. The molecule has 0 aromatic heterocycles. The van der Waals surface area contributed by atoms with Crippen LogP contribution in [0.5, 0.6) is 5.75 Å². The number of ether oxygens (including phenoxy) is 6. The number of carbonyl (C=O) groups is 2. The molecule has 5 atom stereocenters. The molecule has 3 heterocycles. The smallest absolute Gasteiger partial charge is 0.252 e. The van der Waals surface area contributed by atoms with Gasteiger partial charge >= 0.3 is 0 Å². The van der Waals surface area contributed by atoms with Crippen LogP contribution in [0.25, 0.3) is 0 Å². The largest absolute Gasteiger partial charge is 0.497 e. The number of fused-ring (bicyclic) bond motifs is 3. The molecule has 32 heavy (non-hydrogen) atoms. The Labute approximate surface area is 186 Å². The molecule has 0 radical (unpaired) electrons. The van der Waals surface area contributed by atoms with Crippen molar-refractivity contribution in [3.63, 3.8) is 0 Å². The monoisotopic (exact) mass is 450 g/mol. The van der Waals surface area contributed by atoms with Crippen LogP contribution in [0, 0.1) is 0 Å². The van der Waals surface area contributed by atoms with E-state index in [4.69, 9.17) is 28.4 Å². The molecule has 10 nitrogen and oxygen atoms in total. The second-order valence-corrected chi connectivity index (χ2v) is 8.91. The maximum Gasteiger partial charge on any atom is 0.252 e. The van der Waals surface area contributed by atoms with Gasteiger partial charge in [-0.2, -0.15) is 0 Å². The predicted octanol–water partition coefficient (Wildman–Crippen LogP) is 1.54. The number of nitrogens with one attached hydrogen (secondary N) is 2. The number of anilines is 1. The molecule has 0 bridgehead atoms. The van der Waals surface area contributed by atoms with Crippen LogP contribution in [0.4, 0.5) is 5.69 Å². The van der Waals surface area contributed by atoms with Crippen molar-refractivity contribution in [1.82, 2.24) is 5.32 Å². The van der Waals surface area contributed by atoms with E-state index >= 15 is 0 Å². The zero-order chi connectivity index (χ0) is 23.1. The Morgan fingerprint density at radius 3 is 2.25 bits per heavy atom. The van der Waals surface area contributed by atoms with Crippen molar-refractivity contribution in [2.75, 3.05) is 19.0 Å². The fourth-order valence-corrected chi connectivity index (χ4v) is 4.12. The first-order chi connectivity index (χ1) is 15.1. The van der Waals surface area contributed by atoms with Crippen LogP contribution in [0.3, 0.4) is 0 Å². The number of amides is 2. The third-order valence-electron chi connectivity index (χ3n) is 5.44. The topological polar surface area (TPSA) is 114 Å². The lowest BCUT2D eigenvalue weighted by atomic mass is 9.98. The van der Waals surface area contributed by atoms with Crippen LogP contribution in [0.2, 0.25) is 0 Å². The van der Waals surface area contributed by atoms with Crippen molar-refractivity contribution in [1.29, 1.82) is 0 Å². The van der Waals surface area contributed by atoms with Gasteiger partial charge in [0.05, 0.1) is 7.11 Å². The first-order valence-corrected chi connectivity index (χ1v) is 10.7. The molecule has 2 amide bonds. The van der Waals surface area contributed by atoms with Crippen LogP contribution in [-0.4, -0.2) is 67.7 Å². The number of methoxy groups -OCH3 is 1. The highest BCUT2D eigenvalue weighted by Crippen LogP contribution is 2.44. The summed E-state index contributed by atoms with van der Waals surface area (Å²) in [6, 6.07) is 6.99. The third-order valence-corrected chi connectivity index (χ3v) is 5.44. The lowest BCUT2D eigenvalue weighted by molar-refractivity contribution is -0.231. The average molecular weight is 450 g/mol. The van der Waals surface area contributed by atoms with Crippen molar-refractivity contribution < 1.29 is 38.0 Å². The van der Waals surface area contributed by atoms with Crippen LogP contribution < -0.4 is 15.4 Å². The standard InChI is InChI=1S/C22H30N2O8/c1-21(2)29-15-16(30-21)18-20(32-22(3,4)31-18)28-17(15)19(26)23-11-10-14(25)24-12-6-8-13(27-5)9-7-12/h6-9,15-18,20H,10-11H2,1-5H3,(H,23,26)(H,24,25)/t15-,16-,17+,18+,20+/m0/s1. The van der Waals surface area contributed by atoms with E-state index in [2.05, 4.69) is 10.6 Å². The van der Waals surface area contributed by atoms with Crippen LogP contribution in [-0.2, 0) is 33.3 Å². The minimum absolute atomic E-state index is 0.0974. The lowest BCUT2D eigenvalue weighted by Crippen LogP contribution is -2.59. The molecule has 0 spiro atoms. The van der Waals surface area contributed by atoms with Gasteiger partial charge in [-0.15, -0.1) is 0 Å². The van der Waals surface area contributed by atoms with E-state index in [0.717, 1.165) is 0 Å². The van der Waals surface area contributed by atoms with E-state index in [1.165, 1.54) is 0 Å². The molecule has 2 N–H and O–H groups in total. The highest BCUT2D eigenvalue weighted by molar-refractivity contribution is 5.91. The van der Waals surface area contributed by atoms with E-state index < -0.39 is 48.2 Å². The molecule has 10 heteroatoms. The summed E-state index contributed by atoms with van der Waals surface area (Å²) in [5, 5.41) is 5.53. The van der Waals surface area contributed by atoms with E-state index in [9.17, 15) is 9.59 Å². The van der Waals surface area contributed by atoms with Gasteiger partial charge in [0.1, 0.15) is 24.1 Å². The van der Waals surface area contributed by atoms with Gasteiger partial charge in [0.2, 0.25) is 5.91 Å². The number of carbonyl (C=O) groups excluding carboxylic acids is 2. The summed E-state index contributed by atoms with van der Waals surface area (Å²) in [4.78, 5) is 25.1. The van der Waals surface area contributed by atoms with Crippen LogP contribution >= 0.6 is 0 Å². The van der Waals surface area contributed by atoms with Crippen molar-refractivity contribution in [3.8, 4) is 5.75 Å². The van der Waals surface area contributed by atoms with Gasteiger partial charge in [-0.1, -0.05) is 0 Å². The fourth-order valence-electron chi connectivity index (χ4n) is 4.12. The Morgan fingerprint density at radius 2 is 1.56 bits per heavy atom. The average Bonchev–Trinajstić information content (AvgIpc) is 3.21. The molecule has 3 fully saturated rings. The first-order valence-electron chi connectivity index (χ1n) is 10.7. The van der Waals surface area contributed by atoms with Crippen molar-refractivity contribution in [2.45, 2.75) is 76.4 Å². The molecule has 3 saturated heterocycles. The Kier molecular flexibility index (Phi) is 6.17. The third kappa shape index (κ3) is 4.89. The minimum Gasteiger partial charge on any atom is -0.497 e. The number of hydrogen-bond donors (Lipinski definition) is 2. The molecule has 176 valence electrons. The molecule has 0 saturated carbocycles. The maximum absolute atomic E-state index is 12.9. The fraction of sp³-hybridized carbons (Fsp3) is 0.636. The Balaban J connectivity index is 1.32. The zero-order valence-corrected chi connectivity index (χ0v) is 18.9. The maximum atomic E-state index is 12.9. The minimum atomic E-state index is -0.954. The number of rotatable bonds is 6. The second-order valence-electron chi connectivity index (χ2n) is 8.91. The second kappa shape index (κ2) is 8.60. The summed E-state index contributed by atoms with van der Waals surface area (Å²) >= 11 is 0. The zero-order valence-electron chi connectivity index (χ0n) is 18.9. The van der Waals surface area contributed by atoms with Gasteiger partial charge in [0, 0.05) is 18.7 Å². The first kappa shape index (κ1) is 22.9. The van der Waals surface area contributed by atoms with Gasteiger partial charge in [0.25, 0.3) is 5.91 Å². The molecule has 1 aromatic carbocycles. The Hall–Kier alpha value is -2.24. The van der Waals surface area contributed by atoms with E-state index in [1.54, 1.807) is 59.1 Å². The summed E-state index contributed by atoms with van der Waals surface area (Å²) in [5.41, 5.74) is 0.645. The summed E-state index contributed by atoms with van der Waals surface area (Å²) in [6.07, 6.45) is -3.28. The Morgan fingerprint density at radius 1 is 0.938 bits per heavy atom. The molecule has 3 aliphatic rings. The van der Waals surface area contributed by atoms with Gasteiger partial charge < -0.3 is 39.1 Å². The SMILES string of the molecule is COc1ccc(NC(=O)CCNC(=O)[C@@H]2O[C@@H]3OC(C)(C)O[C@@H]3[C@H]3OC(C)(C)O[C@@H]32)cc1. The van der Waals surface area contributed by atoms with Crippen LogP contribution in [0.15, 0.2) is 24.3 Å².